The topological polar surface area (TPSA) is 68.0 Å². The van der Waals surface area contributed by atoms with Gasteiger partial charge in [-0.25, -0.2) is 4.39 Å². The van der Waals surface area contributed by atoms with Crippen LogP contribution >= 0.6 is 11.8 Å². The van der Waals surface area contributed by atoms with Crippen LogP contribution in [0.2, 0.25) is 0 Å². The second kappa shape index (κ2) is 5.24. The van der Waals surface area contributed by atoms with E-state index in [4.69, 9.17) is 5.11 Å². The van der Waals surface area contributed by atoms with Gasteiger partial charge in [0, 0.05) is 5.92 Å². The van der Waals surface area contributed by atoms with E-state index >= 15 is 0 Å². The standard InChI is InChI=1S/C13H12FN3O2S/c14-9-3-1-2-4-10(9)17-12(8-5-6-8)15-16-13(17)20-7-11(18)19/h1-4,8H,5-7H2,(H,18,19). The van der Waals surface area contributed by atoms with Crippen molar-refractivity contribution in [3.8, 4) is 5.69 Å². The summed E-state index contributed by atoms with van der Waals surface area (Å²) in [4.78, 5) is 10.7. The van der Waals surface area contributed by atoms with Crippen molar-refractivity contribution in [3.05, 3.63) is 35.9 Å². The molecule has 1 fully saturated rings. The maximum atomic E-state index is 14.0. The van der Waals surface area contributed by atoms with Gasteiger partial charge in [-0.05, 0) is 25.0 Å². The minimum absolute atomic E-state index is 0.128. The van der Waals surface area contributed by atoms with Crippen LogP contribution in [0.1, 0.15) is 24.6 Å². The highest BCUT2D eigenvalue weighted by Crippen LogP contribution is 2.41. The van der Waals surface area contributed by atoms with Gasteiger partial charge in [-0.2, -0.15) is 0 Å². The largest absolute Gasteiger partial charge is 0.481 e. The maximum absolute atomic E-state index is 14.0. The lowest BCUT2D eigenvalue weighted by Gasteiger charge is -2.10. The number of carbonyl (C=O) groups is 1. The van der Waals surface area contributed by atoms with Gasteiger partial charge in [0.25, 0.3) is 0 Å². The summed E-state index contributed by atoms with van der Waals surface area (Å²) < 4.78 is 15.6. The zero-order valence-electron chi connectivity index (χ0n) is 10.5. The minimum atomic E-state index is -0.939. The zero-order chi connectivity index (χ0) is 14.1. The van der Waals surface area contributed by atoms with Gasteiger partial charge in [0.2, 0.25) is 0 Å². The van der Waals surface area contributed by atoms with Gasteiger partial charge in [-0.3, -0.25) is 9.36 Å². The summed E-state index contributed by atoms with van der Waals surface area (Å²) in [7, 11) is 0. The third-order valence-electron chi connectivity index (χ3n) is 3.02. The highest BCUT2D eigenvalue weighted by molar-refractivity contribution is 7.99. The van der Waals surface area contributed by atoms with Crippen LogP contribution < -0.4 is 0 Å². The molecule has 1 saturated carbocycles. The molecule has 1 N–H and O–H groups in total. The number of thioether (sulfide) groups is 1. The molecule has 7 heteroatoms. The summed E-state index contributed by atoms with van der Waals surface area (Å²) in [6.07, 6.45) is 2.02. The molecule has 1 aliphatic carbocycles. The molecule has 1 aliphatic rings. The number of para-hydroxylation sites is 1. The van der Waals surface area contributed by atoms with Crippen molar-refractivity contribution >= 4 is 17.7 Å². The normalized spacial score (nSPS) is 14.4. The van der Waals surface area contributed by atoms with E-state index in [0.717, 1.165) is 24.6 Å². The van der Waals surface area contributed by atoms with Gasteiger partial charge in [-0.1, -0.05) is 23.9 Å². The molecule has 1 aromatic carbocycles. The lowest BCUT2D eigenvalue weighted by atomic mass is 10.3. The average Bonchev–Trinajstić information content (AvgIpc) is 3.18. The Kier molecular flexibility index (Phi) is 3.43. The number of hydrogen-bond acceptors (Lipinski definition) is 4. The van der Waals surface area contributed by atoms with Crippen molar-refractivity contribution < 1.29 is 14.3 Å². The zero-order valence-corrected chi connectivity index (χ0v) is 11.3. The SMILES string of the molecule is O=C(O)CSc1nnc(C2CC2)n1-c1ccccc1F. The minimum Gasteiger partial charge on any atom is -0.481 e. The molecule has 0 unspecified atom stereocenters. The van der Waals surface area contributed by atoms with Crippen LogP contribution in [0.5, 0.6) is 0 Å². The van der Waals surface area contributed by atoms with Crippen LogP contribution in [0.3, 0.4) is 0 Å². The fourth-order valence-electron chi connectivity index (χ4n) is 1.97. The van der Waals surface area contributed by atoms with Crippen LogP contribution in [0.15, 0.2) is 29.4 Å². The van der Waals surface area contributed by atoms with Gasteiger partial charge >= 0.3 is 5.97 Å². The summed E-state index contributed by atoms with van der Waals surface area (Å²) in [5.41, 5.74) is 0.368. The number of benzene rings is 1. The molecule has 0 radical (unpaired) electrons. The third kappa shape index (κ3) is 2.53. The molecule has 0 aliphatic heterocycles. The Balaban J connectivity index is 2.03. The summed E-state index contributed by atoms with van der Waals surface area (Å²) in [6, 6.07) is 6.37. The highest BCUT2D eigenvalue weighted by atomic mass is 32.2. The third-order valence-corrected chi connectivity index (χ3v) is 3.93. The van der Waals surface area contributed by atoms with Crippen molar-refractivity contribution in [1.82, 2.24) is 14.8 Å². The molecular formula is C13H12FN3O2S. The van der Waals surface area contributed by atoms with Crippen molar-refractivity contribution in [1.29, 1.82) is 0 Å². The fourth-order valence-corrected chi connectivity index (χ4v) is 2.64. The molecule has 104 valence electrons. The molecule has 0 amide bonds. The van der Waals surface area contributed by atoms with Crippen molar-refractivity contribution in [2.75, 3.05) is 5.75 Å². The monoisotopic (exact) mass is 293 g/mol. The molecule has 3 rings (SSSR count). The molecule has 0 spiro atoms. The first-order valence-electron chi connectivity index (χ1n) is 6.21. The highest BCUT2D eigenvalue weighted by Gasteiger charge is 2.31. The Morgan fingerprint density at radius 1 is 1.40 bits per heavy atom. The van der Waals surface area contributed by atoms with E-state index < -0.39 is 5.97 Å². The number of carboxylic acid groups (broad SMARTS) is 1. The number of aliphatic carboxylic acids is 1. The number of halogens is 1. The van der Waals surface area contributed by atoms with Crippen molar-refractivity contribution in [2.24, 2.45) is 0 Å². The second-order valence-corrected chi connectivity index (χ2v) is 5.53. The summed E-state index contributed by atoms with van der Waals surface area (Å²) >= 11 is 1.05. The first-order valence-corrected chi connectivity index (χ1v) is 7.20. The second-order valence-electron chi connectivity index (χ2n) is 4.58. The summed E-state index contributed by atoms with van der Waals surface area (Å²) in [6.45, 7) is 0. The van der Waals surface area contributed by atoms with Crippen LogP contribution in [0.4, 0.5) is 4.39 Å². The predicted octanol–water partition coefficient (Wildman–Crippen LogP) is 2.46. The molecule has 0 bridgehead atoms. The van der Waals surface area contributed by atoms with E-state index in [2.05, 4.69) is 10.2 Å². The summed E-state index contributed by atoms with van der Waals surface area (Å²) in [5.74, 6) is -0.432. The first-order chi connectivity index (χ1) is 9.66. The maximum Gasteiger partial charge on any atom is 0.313 e. The van der Waals surface area contributed by atoms with Gasteiger partial charge < -0.3 is 5.11 Å². The molecule has 1 aromatic heterocycles. The predicted molar refractivity (Wildman–Crippen MR) is 71.7 cm³/mol. The summed E-state index contributed by atoms with van der Waals surface area (Å²) in [5, 5.41) is 17.3. The van der Waals surface area contributed by atoms with Crippen molar-refractivity contribution in [2.45, 2.75) is 23.9 Å². The van der Waals surface area contributed by atoms with Gasteiger partial charge in [-0.15, -0.1) is 10.2 Å². The smallest absolute Gasteiger partial charge is 0.313 e. The molecule has 0 saturated heterocycles. The Hall–Kier alpha value is -1.89. The quantitative estimate of drug-likeness (QED) is 0.858. The van der Waals surface area contributed by atoms with Crippen LogP contribution in [0, 0.1) is 5.82 Å². The van der Waals surface area contributed by atoms with E-state index in [-0.39, 0.29) is 11.6 Å². The molecule has 1 heterocycles. The van der Waals surface area contributed by atoms with Crippen LogP contribution in [0.25, 0.3) is 5.69 Å². The molecular weight excluding hydrogens is 281 g/mol. The van der Waals surface area contributed by atoms with Crippen molar-refractivity contribution in [3.63, 3.8) is 0 Å². The number of carboxylic acids is 1. The van der Waals surface area contributed by atoms with Gasteiger partial charge in [0.05, 0.1) is 11.4 Å². The van der Waals surface area contributed by atoms with Crippen LogP contribution in [-0.2, 0) is 4.79 Å². The van der Waals surface area contributed by atoms with E-state index in [9.17, 15) is 9.18 Å². The number of nitrogens with zero attached hydrogens (tertiary/aromatic N) is 3. The van der Waals surface area contributed by atoms with E-state index in [1.165, 1.54) is 6.07 Å². The van der Waals surface area contributed by atoms with E-state index in [1.807, 2.05) is 0 Å². The lowest BCUT2D eigenvalue weighted by molar-refractivity contribution is -0.133. The Bertz CT molecular complexity index is 655. The Morgan fingerprint density at radius 2 is 2.15 bits per heavy atom. The molecule has 5 nitrogen and oxygen atoms in total. The number of aromatic nitrogens is 3. The number of rotatable bonds is 5. The fraction of sp³-hybridized carbons (Fsp3) is 0.308. The number of hydrogen-bond donors (Lipinski definition) is 1. The molecule has 2 aromatic rings. The molecule has 0 atom stereocenters. The van der Waals surface area contributed by atoms with Gasteiger partial charge in [0.15, 0.2) is 5.16 Å². The van der Waals surface area contributed by atoms with E-state index in [1.54, 1.807) is 22.8 Å². The first kappa shape index (κ1) is 13.1. The Labute approximate surface area is 118 Å². The molecule has 20 heavy (non-hydrogen) atoms. The van der Waals surface area contributed by atoms with Crippen LogP contribution in [-0.4, -0.2) is 31.6 Å². The van der Waals surface area contributed by atoms with Gasteiger partial charge in [0.1, 0.15) is 11.6 Å². The Morgan fingerprint density at radius 3 is 2.80 bits per heavy atom. The average molecular weight is 293 g/mol. The van der Waals surface area contributed by atoms with E-state index in [0.29, 0.717) is 22.6 Å². The lowest BCUT2D eigenvalue weighted by Crippen LogP contribution is -2.06.